The summed E-state index contributed by atoms with van der Waals surface area (Å²) in [4.78, 5) is 13.2. The van der Waals surface area contributed by atoms with Crippen molar-refractivity contribution in [2.45, 2.75) is 168 Å². The van der Waals surface area contributed by atoms with Crippen molar-refractivity contribution in [1.82, 2.24) is 4.90 Å². The molecule has 0 amide bonds. The van der Waals surface area contributed by atoms with Gasteiger partial charge in [-0.2, -0.15) is 0 Å². The van der Waals surface area contributed by atoms with Gasteiger partial charge in [-0.3, -0.25) is 4.90 Å². The van der Waals surface area contributed by atoms with Gasteiger partial charge in [0.2, 0.25) is 0 Å². The maximum Gasteiger partial charge on any atom is 1.00 e. The van der Waals surface area contributed by atoms with Crippen LogP contribution in [-0.4, -0.2) is 30.5 Å². The number of hydrogen-bond acceptors (Lipinski definition) is 3. The van der Waals surface area contributed by atoms with Crippen LogP contribution in [-0.2, 0) is 4.79 Å². The zero-order valence-electron chi connectivity index (χ0n) is 23.9. The average Bonchev–Trinajstić information content (AvgIpc) is 2.80. The number of carbonyl (C=O) groups excluding carboxylic acids is 1. The van der Waals surface area contributed by atoms with Crippen molar-refractivity contribution in [2.24, 2.45) is 0 Å². The second-order valence-electron chi connectivity index (χ2n) is 10.4. The van der Waals surface area contributed by atoms with Crippen molar-refractivity contribution < 1.29 is 39.5 Å². The van der Waals surface area contributed by atoms with Gasteiger partial charge in [0.25, 0.3) is 0 Å². The molecule has 0 aromatic rings. The first-order chi connectivity index (χ1) is 16.2. The Balaban J connectivity index is 0. The maximum atomic E-state index is 11.1. The van der Waals surface area contributed by atoms with E-state index in [1.165, 1.54) is 141 Å². The minimum absolute atomic E-state index is 0. The van der Waals surface area contributed by atoms with Crippen molar-refractivity contribution in [1.29, 1.82) is 0 Å². The van der Waals surface area contributed by atoms with Crippen molar-refractivity contribution in [3.05, 3.63) is 0 Å². The van der Waals surface area contributed by atoms with Gasteiger partial charge in [-0.15, -0.1) is 0 Å². The number of hydrogen-bond donors (Lipinski definition) is 0. The summed E-state index contributed by atoms with van der Waals surface area (Å²) < 4.78 is 0. The molecule has 0 aliphatic heterocycles. The third kappa shape index (κ3) is 30.5. The van der Waals surface area contributed by atoms with Crippen LogP contribution in [0.15, 0.2) is 0 Å². The van der Waals surface area contributed by atoms with Crippen LogP contribution < -0.4 is 34.7 Å². The van der Waals surface area contributed by atoms with Crippen LogP contribution in [0.4, 0.5) is 0 Å². The molecule has 0 fully saturated rings. The van der Waals surface area contributed by atoms with E-state index in [1.54, 1.807) is 0 Å². The predicted molar refractivity (Wildman–Crippen MR) is 144 cm³/mol. The van der Waals surface area contributed by atoms with Gasteiger partial charge in [0.05, 0.1) is 5.97 Å². The second-order valence-corrected chi connectivity index (χ2v) is 10.4. The summed E-state index contributed by atoms with van der Waals surface area (Å²) in [5.41, 5.74) is 0. The molecule has 0 aliphatic rings. The van der Waals surface area contributed by atoms with Gasteiger partial charge in [-0.05, 0) is 25.9 Å². The number of carboxylic acids is 1. The Morgan fingerprint density at radius 1 is 0.471 bits per heavy atom. The van der Waals surface area contributed by atoms with Gasteiger partial charge in [-0.25, -0.2) is 0 Å². The topological polar surface area (TPSA) is 43.4 Å². The molecule has 0 saturated carbocycles. The summed E-state index contributed by atoms with van der Waals surface area (Å²) in [6.07, 6.45) is 32.3. The van der Waals surface area contributed by atoms with E-state index in [0.29, 0.717) is 0 Å². The van der Waals surface area contributed by atoms with E-state index in [9.17, 15) is 9.90 Å². The van der Waals surface area contributed by atoms with Gasteiger partial charge in [0.15, 0.2) is 0 Å². The summed E-state index contributed by atoms with van der Waals surface area (Å²) in [6.45, 7) is 6.50. The molecule has 0 aromatic heterocycles. The normalized spacial score (nSPS) is 11.1. The molecular formula is C30H60NNaO2. The Labute approximate surface area is 236 Å². The van der Waals surface area contributed by atoms with Crippen LogP contribution >= 0.6 is 0 Å². The SMILES string of the molecule is CCCCCCCCCCCCCCN(CCCCCCCCCCCCCC)CC(=O)[O-].[Na+]. The van der Waals surface area contributed by atoms with E-state index >= 15 is 0 Å². The van der Waals surface area contributed by atoms with E-state index in [0.717, 1.165) is 25.9 Å². The van der Waals surface area contributed by atoms with Crippen LogP contribution in [0.2, 0.25) is 0 Å². The van der Waals surface area contributed by atoms with Gasteiger partial charge >= 0.3 is 29.6 Å². The Morgan fingerprint density at radius 3 is 0.941 bits per heavy atom. The molecule has 0 rings (SSSR count). The molecule has 0 atom stereocenters. The minimum atomic E-state index is -0.923. The largest absolute Gasteiger partial charge is 1.00 e. The van der Waals surface area contributed by atoms with Crippen molar-refractivity contribution >= 4 is 5.97 Å². The van der Waals surface area contributed by atoms with E-state index in [2.05, 4.69) is 18.7 Å². The minimum Gasteiger partial charge on any atom is -0.549 e. The summed E-state index contributed by atoms with van der Waals surface area (Å²) in [5.74, 6) is -0.923. The third-order valence-electron chi connectivity index (χ3n) is 7.01. The molecule has 0 N–H and O–H groups in total. The molecule has 0 radical (unpaired) electrons. The molecular weight excluding hydrogens is 429 g/mol. The summed E-state index contributed by atoms with van der Waals surface area (Å²) in [6, 6.07) is 0. The Bertz CT molecular complexity index is 364. The quantitative estimate of drug-likeness (QED) is 0.108. The van der Waals surface area contributed by atoms with Gasteiger partial charge < -0.3 is 9.90 Å². The summed E-state index contributed by atoms with van der Waals surface area (Å²) in [5, 5.41) is 11.1. The van der Waals surface area contributed by atoms with Crippen LogP contribution in [0.3, 0.4) is 0 Å². The Hall–Kier alpha value is 0.430. The predicted octanol–water partition coefficient (Wildman–Crippen LogP) is 5.44. The molecule has 0 aromatic carbocycles. The average molecular weight is 490 g/mol. The summed E-state index contributed by atoms with van der Waals surface area (Å²) >= 11 is 0. The zero-order chi connectivity index (χ0) is 24.2. The van der Waals surface area contributed by atoms with E-state index in [-0.39, 0.29) is 36.1 Å². The monoisotopic (exact) mass is 489 g/mol. The molecule has 0 spiro atoms. The van der Waals surface area contributed by atoms with E-state index in [1.807, 2.05) is 0 Å². The fraction of sp³-hybridized carbons (Fsp3) is 0.967. The molecule has 0 unspecified atom stereocenters. The number of nitrogens with zero attached hydrogens (tertiary/aromatic N) is 1. The number of carbonyl (C=O) groups is 1. The number of unbranched alkanes of at least 4 members (excludes halogenated alkanes) is 22. The van der Waals surface area contributed by atoms with Gasteiger partial charge in [0, 0.05) is 6.54 Å². The number of rotatable bonds is 28. The van der Waals surface area contributed by atoms with Crippen molar-refractivity contribution in [3.63, 3.8) is 0 Å². The molecule has 0 bridgehead atoms. The first-order valence-electron chi connectivity index (χ1n) is 15.1. The third-order valence-corrected chi connectivity index (χ3v) is 7.01. The smallest absolute Gasteiger partial charge is 0.549 e. The number of aliphatic carboxylic acids is 1. The molecule has 4 heteroatoms. The van der Waals surface area contributed by atoms with Crippen molar-refractivity contribution in [3.8, 4) is 0 Å². The first kappa shape index (κ1) is 36.6. The molecule has 3 nitrogen and oxygen atoms in total. The Kier molecular flexibility index (Phi) is 33.9. The molecule has 0 heterocycles. The van der Waals surface area contributed by atoms with Crippen LogP contribution in [0.1, 0.15) is 168 Å². The van der Waals surface area contributed by atoms with Gasteiger partial charge in [-0.1, -0.05) is 155 Å². The second kappa shape index (κ2) is 31.5. The van der Waals surface area contributed by atoms with Gasteiger partial charge in [0.1, 0.15) is 0 Å². The van der Waals surface area contributed by atoms with Crippen molar-refractivity contribution in [2.75, 3.05) is 19.6 Å². The molecule has 0 aliphatic carbocycles. The fourth-order valence-corrected chi connectivity index (χ4v) is 4.81. The standard InChI is InChI=1S/C30H61NO2.Na/c1-3-5-7-9-11-13-15-17-19-21-23-25-27-31(29-30(32)33)28-26-24-22-20-18-16-14-12-10-8-6-4-2;/h3-29H2,1-2H3,(H,32,33);/q;+1/p-1. The van der Waals surface area contributed by atoms with E-state index in [4.69, 9.17) is 0 Å². The molecule has 0 saturated heterocycles. The van der Waals surface area contributed by atoms with Crippen LogP contribution in [0.25, 0.3) is 0 Å². The number of carboxylic acid groups (broad SMARTS) is 1. The fourth-order valence-electron chi connectivity index (χ4n) is 4.81. The first-order valence-corrected chi connectivity index (χ1v) is 15.1. The van der Waals surface area contributed by atoms with Crippen LogP contribution in [0, 0.1) is 0 Å². The molecule has 34 heavy (non-hydrogen) atoms. The molecule has 198 valence electrons. The maximum absolute atomic E-state index is 11.1. The Morgan fingerprint density at radius 2 is 0.706 bits per heavy atom. The van der Waals surface area contributed by atoms with E-state index < -0.39 is 5.97 Å². The summed E-state index contributed by atoms with van der Waals surface area (Å²) in [7, 11) is 0. The zero-order valence-corrected chi connectivity index (χ0v) is 25.9. The van der Waals surface area contributed by atoms with Crippen LogP contribution in [0.5, 0.6) is 0 Å².